The van der Waals surface area contributed by atoms with Crippen molar-refractivity contribution in [1.29, 1.82) is 0 Å². The summed E-state index contributed by atoms with van der Waals surface area (Å²) in [5.41, 5.74) is -2.53. The molecule has 0 aromatic rings. The highest BCUT2D eigenvalue weighted by Gasteiger charge is 2.64. The number of alkyl halides is 3. The van der Waals surface area contributed by atoms with Gasteiger partial charge in [0.05, 0.1) is 0 Å². The molecule has 1 aliphatic rings. The molecule has 11 heavy (non-hydrogen) atoms. The highest BCUT2D eigenvalue weighted by molar-refractivity contribution is 5.77. The number of hydrogen-bond acceptors (Lipinski definition) is 2. The van der Waals surface area contributed by atoms with Crippen LogP contribution in [0.2, 0.25) is 0 Å². The van der Waals surface area contributed by atoms with Crippen LogP contribution < -0.4 is 5.32 Å². The Morgan fingerprint density at radius 1 is 1.45 bits per heavy atom. The lowest BCUT2D eigenvalue weighted by atomic mass is 9.81. The molecule has 0 aliphatic carbocycles. The Balaban J connectivity index is 2.85. The van der Waals surface area contributed by atoms with E-state index in [2.05, 4.69) is 5.32 Å². The van der Waals surface area contributed by atoms with Crippen molar-refractivity contribution in [2.45, 2.75) is 6.18 Å². The molecule has 6 heteroatoms. The fourth-order valence-electron chi connectivity index (χ4n) is 0.848. The zero-order chi connectivity index (χ0) is 8.70. The first-order valence-electron chi connectivity index (χ1n) is 2.91. The maximum atomic E-state index is 12.0. The molecule has 0 bridgehead atoms. The molecule has 0 saturated carbocycles. The van der Waals surface area contributed by atoms with Crippen LogP contribution in [0.1, 0.15) is 0 Å². The molecule has 0 spiro atoms. The Morgan fingerprint density at radius 2 is 1.91 bits per heavy atom. The van der Waals surface area contributed by atoms with Crippen molar-refractivity contribution >= 4 is 5.97 Å². The van der Waals surface area contributed by atoms with E-state index in [4.69, 9.17) is 5.11 Å². The quantitative estimate of drug-likeness (QED) is 0.590. The lowest BCUT2D eigenvalue weighted by Gasteiger charge is -2.39. The number of aliphatic carboxylic acids is 1. The first-order chi connectivity index (χ1) is 4.90. The van der Waals surface area contributed by atoms with Crippen molar-refractivity contribution in [1.82, 2.24) is 5.32 Å². The van der Waals surface area contributed by atoms with E-state index in [0.717, 1.165) is 0 Å². The van der Waals surface area contributed by atoms with E-state index in [1.54, 1.807) is 0 Å². The third-order valence-corrected chi connectivity index (χ3v) is 1.81. The van der Waals surface area contributed by atoms with Crippen LogP contribution in [0.25, 0.3) is 0 Å². The van der Waals surface area contributed by atoms with Gasteiger partial charge in [0, 0.05) is 13.1 Å². The predicted octanol–water partition coefficient (Wildman–Crippen LogP) is 0.223. The van der Waals surface area contributed by atoms with Crippen LogP contribution in [0.5, 0.6) is 0 Å². The van der Waals surface area contributed by atoms with Crippen molar-refractivity contribution < 1.29 is 23.1 Å². The zero-order valence-corrected chi connectivity index (χ0v) is 5.40. The van der Waals surface area contributed by atoms with Crippen LogP contribution in [0.4, 0.5) is 13.2 Å². The average Bonchev–Trinajstić information content (AvgIpc) is 1.52. The fourth-order valence-corrected chi connectivity index (χ4v) is 0.848. The maximum absolute atomic E-state index is 12.0. The monoisotopic (exact) mass is 169 g/mol. The van der Waals surface area contributed by atoms with Gasteiger partial charge in [0.15, 0.2) is 5.41 Å². The molecule has 1 aliphatic heterocycles. The smallest absolute Gasteiger partial charge is 0.407 e. The lowest BCUT2D eigenvalue weighted by molar-refractivity contribution is -0.243. The van der Waals surface area contributed by atoms with Gasteiger partial charge in [-0.3, -0.25) is 4.79 Å². The van der Waals surface area contributed by atoms with Gasteiger partial charge >= 0.3 is 12.1 Å². The second kappa shape index (κ2) is 2.10. The molecule has 0 aromatic carbocycles. The summed E-state index contributed by atoms with van der Waals surface area (Å²) < 4.78 is 36.0. The van der Waals surface area contributed by atoms with E-state index in [1.165, 1.54) is 0 Å². The Bertz CT molecular complexity index is 185. The van der Waals surface area contributed by atoms with Crippen molar-refractivity contribution in [2.75, 3.05) is 13.1 Å². The summed E-state index contributed by atoms with van der Waals surface area (Å²) in [6, 6.07) is 0. The fraction of sp³-hybridized carbons (Fsp3) is 0.800. The predicted molar refractivity (Wildman–Crippen MR) is 29.0 cm³/mol. The SMILES string of the molecule is O=C(O)C1(C(F)(F)F)CNC1. The Morgan fingerprint density at radius 3 is 1.91 bits per heavy atom. The Labute approximate surface area is 60.2 Å². The molecule has 0 amide bonds. The molecule has 2 N–H and O–H groups in total. The van der Waals surface area contributed by atoms with Gasteiger partial charge < -0.3 is 10.4 Å². The highest BCUT2D eigenvalue weighted by atomic mass is 19.4. The summed E-state index contributed by atoms with van der Waals surface area (Å²) in [6.07, 6.45) is -4.65. The van der Waals surface area contributed by atoms with Crippen molar-refractivity contribution in [3.05, 3.63) is 0 Å². The van der Waals surface area contributed by atoms with E-state index in [1.807, 2.05) is 0 Å². The molecule has 1 heterocycles. The molecule has 1 fully saturated rings. The molecule has 0 radical (unpaired) electrons. The topological polar surface area (TPSA) is 49.3 Å². The van der Waals surface area contributed by atoms with Crippen LogP contribution >= 0.6 is 0 Å². The van der Waals surface area contributed by atoms with Gasteiger partial charge in [-0.1, -0.05) is 0 Å². The zero-order valence-electron chi connectivity index (χ0n) is 5.40. The summed E-state index contributed by atoms with van der Waals surface area (Å²) in [6.45, 7) is -1.04. The summed E-state index contributed by atoms with van der Waals surface area (Å²) in [5.74, 6) is -1.80. The van der Waals surface area contributed by atoms with E-state index >= 15 is 0 Å². The van der Waals surface area contributed by atoms with Gasteiger partial charge in [-0.25, -0.2) is 0 Å². The van der Waals surface area contributed by atoms with Crippen molar-refractivity contribution in [3.63, 3.8) is 0 Å². The number of carboxylic acids is 1. The normalized spacial score (nSPS) is 22.5. The van der Waals surface area contributed by atoms with Crippen LogP contribution in [0.15, 0.2) is 0 Å². The summed E-state index contributed by atoms with van der Waals surface area (Å²) in [5, 5.41) is 10.5. The van der Waals surface area contributed by atoms with Gasteiger partial charge in [0.1, 0.15) is 0 Å². The minimum Gasteiger partial charge on any atom is -0.481 e. The number of nitrogens with one attached hydrogen (secondary N) is 1. The van der Waals surface area contributed by atoms with E-state index in [0.29, 0.717) is 0 Å². The molecule has 1 saturated heterocycles. The molecule has 0 unspecified atom stereocenters. The third kappa shape index (κ3) is 0.973. The molecular formula is C5H6F3NO2. The third-order valence-electron chi connectivity index (χ3n) is 1.81. The number of carboxylic acid groups (broad SMARTS) is 1. The highest BCUT2D eigenvalue weighted by Crippen LogP contribution is 2.41. The Kier molecular flexibility index (Phi) is 1.59. The molecular weight excluding hydrogens is 163 g/mol. The number of halogens is 3. The summed E-state index contributed by atoms with van der Waals surface area (Å²) in [7, 11) is 0. The molecule has 64 valence electrons. The summed E-state index contributed by atoms with van der Waals surface area (Å²) in [4.78, 5) is 10.2. The number of hydrogen-bond donors (Lipinski definition) is 2. The molecule has 0 atom stereocenters. The van der Waals surface area contributed by atoms with Crippen molar-refractivity contribution in [2.24, 2.45) is 5.41 Å². The first-order valence-corrected chi connectivity index (χ1v) is 2.91. The van der Waals surface area contributed by atoms with E-state index < -0.39 is 30.7 Å². The van der Waals surface area contributed by atoms with Crippen molar-refractivity contribution in [3.8, 4) is 0 Å². The van der Waals surface area contributed by atoms with Gasteiger partial charge in [-0.05, 0) is 0 Å². The second-order valence-electron chi connectivity index (χ2n) is 2.49. The average molecular weight is 169 g/mol. The minimum atomic E-state index is -4.65. The van der Waals surface area contributed by atoms with Gasteiger partial charge in [-0.2, -0.15) is 13.2 Å². The lowest BCUT2D eigenvalue weighted by Crippen LogP contribution is -2.65. The van der Waals surface area contributed by atoms with Crippen LogP contribution in [-0.4, -0.2) is 30.3 Å². The molecule has 3 nitrogen and oxygen atoms in total. The molecule has 1 rings (SSSR count). The minimum absolute atomic E-state index is 0.522. The largest absolute Gasteiger partial charge is 0.481 e. The number of rotatable bonds is 1. The first kappa shape index (κ1) is 8.32. The van der Waals surface area contributed by atoms with Gasteiger partial charge in [0.2, 0.25) is 0 Å². The van der Waals surface area contributed by atoms with Gasteiger partial charge in [-0.15, -0.1) is 0 Å². The second-order valence-corrected chi connectivity index (χ2v) is 2.49. The van der Waals surface area contributed by atoms with Crippen LogP contribution in [0.3, 0.4) is 0 Å². The molecule has 0 aromatic heterocycles. The maximum Gasteiger partial charge on any atom is 0.407 e. The van der Waals surface area contributed by atoms with E-state index in [9.17, 15) is 18.0 Å². The standard InChI is InChI=1S/C5H6F3NO2/c6-5(7,8)4(3(10)11)1-9-2-4/h9H,1-2H2,(H,10,11). The summed E-state index contributed by atoms with van der Waals surface area (Å²) >= 11 is 0. The number of carbonyl (C=O) groups is 1. The Hall–Kier alpha value is -0.780. The van der Waals surface area contributed by atoms with Crippen LogP contribution in [-0.2, 0) is 4.79 Å². The van der Waals surface area contributed by atoms with Gasteiger partial charge in [0.25, 0.3) is 0 Å². The van der Waals surface area contributed by atoms with Crippen LogP contribution in [0, 0.1) is 5.41 Å². The van der Waals surface area contributed by atoms with E-state index in [-0.39, 0.29) is 0 Å².